The zero-order chi connectivity index (χ0) is 14.8. The molecule has 0 amide bonds. The molecule has 2 heterocycles. The average Bonchev–Trinajstić information content (AvgIpc) is 2.65. The molecule has 3 rings (SSSR count). The first-order valence-electron chi connectivity index (χ1n) is 6.53. The summed E-state index contributed by atoms with van der Waals surface area (Å²) in [4.78, 5) is 4.33. The Morgan fingerprint density at radius 3 is 2.95 bits per heavy atom. The SMILES string of the molecule is N=C(N)c1nn(Cc2ccccc2F)c2c1CC=CC=N2. The fraction of sp³-hybridized carbons (Fsp3) is 0.133. The smallest absolute Gasteiger partial charge is 0.154 e. The molecule has 6 heteroatoms. The summed E-state index contributed by atoms with van der Waals surface area (Å²) in [7, 11) is 0. The number of nitrogens with one attached hydrogen (secondary N) is 1. The number of amidine groups is 1. The van der Waals surface area contributed by atoms with Crippen molar-refractivity contribution < 1.29 is 4.39 Å². The highest BCUT2D eigenvalue weighted by atomic mass is 19.1. The number of hydrogen-bond donors (Lipinski definition) is 2. The Morgan fingerprint density at radius 2 is 2.19 bits per heavy atom. The van der Waals surface area contributed by atoms with E-state index in [-0.39, 0.29) is 18.2 Å². The highest BCUT2D eigenvalue weighted by Gasteiger charge is 2.19. The largest absolute Gasteiger partial charge is 0.382 e. The molecule has 3 N–H and O–H groups in total. The van der Waals surface area contributed by atoms with Gasteiger partial charge in [0.05, 0.1) is 6.54 Å². The highest BCUT2D eigenvalue weighted by Crippen LogP contribution is 2.26. The minimum absolute atomic E-state index is 0.107. The van der Waals surface area contributed by atoms with Crippen LogP contribution >= 0.6 is 0 Å². The number of rotatable bonds is 3. The lowest BCUT2D eigenvalue weighted by Gasteiger charge is -2.05. The summed E-state index contributed by atoms with van der Waals surface area (Å²) in [6.45, 7) is 0.250. The van der Waals surface area contributed by atoms with Gasteiger partial charge in [-0.05, 0) is 18.6 Å². The first-order chi connectivity index (χ1) is 10.2. The lowest BCUT2D eigenvalue weighted by Crippen LogP contribution is -2.14. The van der Waals surface area contributed by atoms with Gasteiger partial charge in [-0.15, -0.1) is 0 Å². The third kappa shape index (κ3) is 2.47. The first-order valence-corrected chi connectivity index (χ1v) is 6.53. The molecular weight excluding hydrogens is 269 g/mol. The number of nitrogens with zero attached hydrogens (tertiary/aromatic N) is 3. The highest BCUT2D eigenvalue weighted by molar-refractivity contribution is 5.96. The number of fused-ring (bicyclic) bond motifs is 1. The molecule has 0 bridgehead atoms. The quantitative estimate of drug-likeness (QED) is 0.668. The molecule has 0 unspecified atom stereocenters. The van der Waals surface area contributed by atoms with Gasteiger partial charge < -0.3 is 5.73 Å². The van der Waals surface area contributed by atoms with Gasteiger partial charge in [-0.2, -0.15) is 5.10 Å². The molecule has 1 aromatic carbocycles. The zero-order valence-electron chi connectivity index (χ0n) is 11.3. The van der Waals surface area contributed by atoms with Crippen LogP contribution in [-0.4, -0.2) is 21.8 Å². The van der Waals surface area contributed by atoms with Gasteiger partial charge in [0.15, 0.2) is 5.82 Å². The predicted molar refractivity (Wildman–Crippen MR) is 79.7 cm³/mol. The Balaban J connectivity index is 2.07. The van der Waals surface area contributed by atoms with E-state index in [1.165, 1.54) is 6.07 Å². The topological polar surface area (TPSA) is 80.0 Å². The van der Waals surface area contributed by atoms with Gasteiger partial charge in [-0.25, -0.2) is 14.1 Å². The number of hydrogen-bond acceptors (Lipinski definition) is 3. The predicted octanol–water partition coefficient (Wildman–Crippen LogP) is 2.17. The molecule has 1 aromatic heterocycles. The molecule has 1 aliphatic heterocycles. The molecule has 2 aromatic rings. The van der Waals surface area contributed by atoms with E-state index in [1.807, 2.05) is 12.2 Å². The van der Waals surface area contributed by atoms with Crippen molar-refractivity contribution in [2.45, 2.75) is 13.0 Å². The maximum atomic E-state index is 13.8. The number of nitrogens with two attached hydrogens (primary N) is 1. The van der Waals surface area contributed by atoms with Gasteiger partial charge in [0, 0.05) is 17.3 Å². The van der Waals surface area contributed by atoms with Crippen molar-refractivity contribution in [2.24, 2.45) is 10.7 Å². The zero-order valence-corrected chi connectivity index (χ0v) is 11.3. The number of aliphatic imine (C=N–C) groups is 1. The summed E-state index contributed by atoms with van der Waals surface area (Å²) in [6, 6.07) is 6.53. The summed E-state index contributed by atoms with van der Waals surface area (Å²) in [5, 5.41) is 12.0. The fourth-order valence-electron chi connectivity index (χ4n) is 2.30. The molecule has 0 spiro atoms. The standard InChI is InChI=1S/C15H14FN5/c16-12-7-2-1-5-10(12)9-21-15-11(6-3-4-8-19-15)13(20-21)14(17)18/h1-5,7-8H,6,9H2,(H3,17,18). The van der Waals surface area contributed by atoms with Gasteiger partial charge >= 0.3 is 0 Å². The summed E-state index contributed by atoms with van der Waals surface area (Å²) in [5.41, 5.74) is 7.30. The van der Waals surface area contributed by atoms with Gasteiger partial charge in [0.25, 0.3) is 0 Å². The van der Waals surface area contributed by atoms with Crippen molar-refractivity contribution in [3.05, 3.63) is 59.1 Å². The summed E-state index contributed by atoms with van der Waals surface area (Å²) < 4.78 is 15.4. The monoisotopic (exact) mass is 283 g/mol. The van der Waals surface area contributed by atoms with Crippen LogP contribution in [-0.2, 0) is 13.0 Å². The van der Waals surface area contributed by atoms with Crippen LogP contribution in [0.1, 0.15) is 16.8 Å². The molecule has 0 saturated heterocycles. The van der Waals surface area contributed by atoms with E-state index in [4.69, 9.17) is 11.1 Å². The van der Waals surface area contributed by atoms with E-state index in [1.54, 1.807) is 29.1 Å². The van der Waals surface area contributed by atoms with E-state index in [0.29, 0.717) is 23.5 Å². The van der Waals surface area contributed by atoms with E-state index >= 15 is 0 Å². The number of allylic oxidation sites excluding steroid dienone is 2. The minimum atomic E-state index is -0.290. The molecule has 21 heavy (non-hydrogen) atoms. The van der Waals surface area contributed by atoms with Crippen LogP contribution in [0.4, 0.5) is 10.2 Å². The maximum absolute atomic E-state index is 13.8. The second-order valence-corrected chi connectivity index (χ2v) is 4.72. The molecule has 0 aliphatic carbocycles. The fourth-order valence-corrected chi connectivity index (χ4v) is 2.30. The molecule has 1 aliphatic rings. The second kappa shape index (κ2) is 5.32. The summed E-state index contributed by atoms with van der Waals surface area (Å²) in [6.07, 6.45) is 6.02. The number of halogens is 1. The Kier molecular flexibility index (Phi) is 3.35. The lowest BCUT2D eigenvalue weighted by atomic mass is 10.1. The van der Waals surface area contributed by atoms with Crippen molar-refractivity contribution in [2.75, 3.05) is 0 Å². The van der Waals surface area contributed by atoms with E-state index in [9.17, 15) is 4.39 Å². The second-order valence-electron chi connectivity index (χ2n) is 4.72. The molecular formula is C15H14FN5. The van der Waals surface area contributed by atoms with Gasteiger partial charge in [-0.1, -0.05) is 24.3 Å². The molecule has 5 nitrogen and oxygen atoms in total. The first kappa shape index (κ1) is 13.2. The lowest BCUT2D eigenvalue weighted by molar-refractivity contribution is 0.586. The van der Waals surface area contributed by atoms with Crippen LogP contribution in [0.15, 0.2) is 41.4 Å². The number of aromatic nitrogens is 2. The molecule has 0 fully saturated rings. The Morgan fingerprint density at radius 1 is 1.38 bits per heavy atom. The third-order valence-electron chi connectivity index (χ3n) is 3.29. The third-order valence-corrected chi connectivity index (χ3v) is 3.29. The van der Waals surface area contributed by atoms with Crippen LogP contribution in [0.25, 0.3) is 0 Å². The van der Waals surface area contributed by atoms with Crippen LogP contribution in [0.5, 0.6) is 0 Å². The van der Waals surface area contributed by atoms with Gasteiger partial charge in [-0.3, -0.25) is 5.41 Å². The van der Waals surface area contributed by atoms with E-state index in [2.05, 4.69) is 10.1 Å². The van der Waals surface area contributed by atoms with Gasteiger partial charge in [0.1, 0.15) is 17.3 Å². The Hall–Kier alpha value is -2.76. The summed E-state index contributed by atoms with van der Waals surface area (Å²) in [5.74, 6) is 0.222. The minimum Gasteiger partial charge on any atom is -0.382 e. The van der Waals surface area contributed by atoms with Crippen LogP contribution in [0.3, 0.4) is 0 Å². The van der Waals surface area contributed by atoms with E-state index < -0.39 is 0 Å². The van der Waals surface area contributed by atoms with Crippen LogP contribution < -0.4 is 5.73 Å². The molecule has 106 valence electrons. The van der Waals surface area contributed by atoms with E-state index in [0.717, 1.165) is 5.56 Å². The van der Waals surface area contributed by atoms with Crippen molar-refractivity contribution in [1.29, 1.82) is 5.41 Å². The maximum Gasteiger partial charge on any atom is 0.154 e. The average molecular weight is 283 g/mol. The Labute approximate surface area is 121 Å². The normalized spacial score (nSPS) is 13.0. The molecule has 0 atom stereocenters. The van der Waals surface area contributed by atoms with Crippen molar-refractivity contribution in [3.63, 3.8) is 0 Å². The van der Waals surface area contributed by atoms with Crippen molar-refractivity contribution >= 4 is 17.9 Å². The van der Waals surface area contributed by atoms with Crippen molar-refractivity contribution in [3.8, 4) is 0 Å². The van der Waals surface area contributed by atoms with Crippen molar-refractivity contribution in [1.82, 2.24) is 9.78 Å². The summed E-state index contributed by atoms with van der Waals surface area (Å²) >= 11 is 0. The number of benzene rings is 1. The van der Waals surface area contributed by atoms with Gasteiger partial charge in [0.2, 0.25) is 0 Å². The molecule has 0 radical (unpaired) electrons. The number of nitrogen functional groups attached to an aromatic ring is 1. The van der Waals surface area contributed by atoms with Crippen LogP contribution in [0.2, 0.25) is 0 Å². The molecule has 0 saturated carbocycles. The Bertz CT molecular complexity index is 757. The van der Waals surface area contributed by atoms with Crippen LogP contribution in [0, 0.1) is 11.2 Å².